The van der Waals surface area contributed by atoms with Crippen LogP contribution in [0.4, 0.5) is 5.13 Å². The van der Waals surface area contributed by atoms with Crippen LogP contribution in [-0.4, -0.2) is 32.2 Å². The van der Waals surface area contributed by atoms with Crippen molar-refractivity contribution < 1.29 is 17.9 Å². The van der Waals surface area contributed by atoms with E-state index >= 15 is 0 Å². The molecule has 0 aliphatic heterocycles. The summed E-state index contributed by atoms with van der Waals surface area (Å²) in [5.74, 6) is -0.475. The summed E-state index contributed by atoms with van der Waals surface area (Å²) >= 11 is 1.32. The van der Waals surface area contributed by atoms with Gasteiger partial charge in [-0.05, 0) is 35.9 Å². The first-order valence-electron chi connectivity index (χ1n) is 9.53. The maximum Gasteiger partial charge on any atom is 0.244 e. The van der Waals surface area contributed by atoms with Crippen LogP contribution in [0.5, 0.6) is 5.75 Å². The number of fused-ring (bicyclic) bond motifs is 1. The molecule has 0 fully saturated rings. The lowest BCUT2D eigenvalue weighted by Gasteiger charge is -2.20. The fourth-order valence-electron chi connectivity index (χ4n) is 3.12. The van der Waals surface area contributed by atoms with Crippen LogP contribution in [0.25, 0.3) is 10.2 Å². The molecule has 0 aliphatic rings. The maximum absolute atomic E-state index is 13.2. The van der Waals surface area contributed by atoms with E-state index in [-0.39, 0.29) is 11.4 Å². The zero-order chi connectivity index (χ0) is 21.8. The van der Waals surface area contributed by atoms with Crippen LogP contribution >= 0.6 is 11.3 Å². The Bertz CT molecular complexity index is 1300. The number of nitrogens with zero attached hydrogens (tertiary/aromatic N) is 2. The van der Waals surface area contributed by atoms with Gasteiger partial charge in [0.2, 0.25) is 5.91 Å². The minimum atomic E-state index is -3.78. The van der Waals surface area contributed by atoms with Crippen LogP contribution in [0.15, 0.2) is 83.8 Å². The third-order valence-electron chi connectivity index (χ3n) is 4.72. The molecule has 0 N–H and O–H groups in total. The monoisotopic (exact) mass is 452 g/mol. The van der Waals surface area contributed by atoms with Gasteiger partial charge in [-0.1, -0.05) is 59.9 Å². The van der Waals surface area contributed by atoms with Crippen LogP contribution in [0.2, 0.25) is 0 Å². The number of anilines is 1. The van der Waals surface area contributed by atoms with Crippen LogP contribution in [0.1, 0.15) is 5.56 Å². The average molecular weight is 453 g/mol. The highest BCUT2D eigenvalue weighted by Gasteiger charge is 2.26. The number of ether oxygens (including phenoxy) is 1. The van der Waals surface area contributed by atoms with Gasteiger partial charge in [0.15, 0.2) is 15.0 Å². The molecule has 1 aromatic heterocycles. The van der Waals surface area contributed by atoms with Crippen molar-refractivity contribution in [3.8, 4) is 5.75 Å². The zero-order valence-corrected chi connectivity index (χ0v) is 18.4. The van der Waals surface area contributed by atoms with Gasteiger partial charge in [-0.15, -0.1) is 0 Å². The van der Waals surface area contributed by atoms with Crippen molar-refractivity contribution in [2.45, 2.75) is 11.4 Å². The summed E-state index contributed by atoms with van der Waals surface area (Å²) in [6, 6.07) is 22.9. The van der Waals surface area contributed by atoms with Gasteiger partial charge in [-0.3, -0.25) is 9.69 Å². The molecule has 3 aromatic carbocycles. The molecule has 0 saturated heterocycles. The normalized spacial score (nSPS) is 11.4. The quantitative estimate of drug-likeness (QED) is 0.418. The van der Waals surface area contributed by atoms with E-state index in [9.17, 15) is 13.2 Å². The Labute approximate surface area is 184 Å². The number of hydrogen-bond donors (Lipinski definition) is 0. The van der Waals surface area contributed by atoms with Gasteiger partial charge in [0.05, 0.1) is 28.8 Å². The number of sulfone groups is 1. The second kappa shape index (κ2) is 8.87. The number of benzene rings is 3. The summed E-state index contributed by atoms with van der Waals surface area (Å²) in [6.07, 6.45) is 0. The minimum absolute atomic E-state index is 0.122. The van der Waals surface area contributed by atoms with E-state index in [4.69, 9.17) is 4.74 Å². The largest absolute Gasteiger partial charge is 0.497 e. The molecular formula is C23H20N2O4S2. The number of amides is 1. The number of methoxy groups -OCH3 is 1. The van der Waals surface area contributed by atoms with Gasteiger partial charge in [0.1, 0.15) is 11.5 Å². The molecule has 0 atom stereocenters. The standard InChI is InChI=1S/C23H20N2O4S2/c1-29-18-12-13-20-21(14-18)30-23(24-20)25(15-17-8-4-2-5-9-17)22(26)16-31(27,28)19-10-6-3-7-11-19/h2-14H,15-16H2,1H3. The van der Waals surface area contributed by atoms with E-state index in [0.717, 1.165) is 15.8 Å². The Morgan fingerprint density at radius 2 is 1.68 bits per heavy atom. The van der Waals surface area contributed by atoms with Crippen molar-refractivity contribution in [2.75, 3.05) is 17.8 Å². The lowest BCUT2D eigenvalue weighted by atomic mass is 10.2. The van der Waals surface area contributed by atoms with E-state index < -0.39 is 21.5 Å². The lowest BCUT2D eigenvalue weighted by Crippen LogP contribution is -2.35. The third-order valence-corrected chi connectivity index (χ3v) is 7.37. The SMILES string of the molecule is COc1ccc2nc(N(Cc3ccccc3)C(=O)CS(=O)(=O)c3ccccc3)sc2c1. The fourth-order valence-corrected chi connectivity index (χ4v) is 5.35. The van der Waals surface area contributed by atoms with Gasteiger partial charge in [-0.2, -0.15) is 0 Å². The van der Waals surface area contributed by atoms with E-state index in [1.54, 1.807) is 31.4 Å². The van der Waals surface area contributed by atoms with Crippen molar-refractivity contribution in [3.63, 3.8) is 0 Å². The third kappa shape index (κ3) is 4.76. The van der Waals surface area contributed by atoms with E-state index in [1.807, 2.05) is 42.5 Å². The molecule has 0 radical (unpaired) electrons. The first kappa shape index (κ1) is 21.0. The molecule has 31 heavy (non-hydrogen) atoms. The second-order valence-corrected chi connectivity index (χ2v) is 9.87. The highest BCUT2D eigenvalue weighted by molar-refractivity contribution is 7.92. The average Bonchev–Trinajstić information content (AvgIpc) is 3.21. The molecular weight excluding hydrogens is 432 g/mol. The maximum atomic E-state index is 13.2. The predicted molar refractivity (Wildman–Crippen MR) is 122 cm³/mol. The van der Waals surface area contributed by atoms with Crippen LogP contribution in [-0.2, 0) is 21.2 Å². The number of carbonyl (C=O) groups excluding carboxylic acids is 1. The Morgan fingerprint density at radius 1 is 1.00 bits per heavy atom. The number of aromatic nitrogens is 1. The van der Waals surface area contributed by atoms with Gasteiger partial charge in [0.25, 0.3) is 0 Å². The Kier molecular flexibility index (Phi) is 6.01. The molecule has 4 aromatic rings. The topological polar surface area (TPSA) is 76.6 Å². The zero-order valence-electron chi connectivity index (χ0n) is 16.8. The number of carbonyl (C=O) groups is 1. The van der Waals surface area contributed by atoms with Crippen molar-refractivity contribution in [1.29, 1.82) is 0 Å². The molecule has 0 aliphatic carbocycles. The van der Waals surface area contributed by atoms with Crippen molar-refractivity contribution >= 4 is 42.4 Å². The molecule has 1 amide bonds. The lowest BCUT2D eigenvalue weighted by molar-refractivity contribution is -0.116. The molecule has 6 nitrogen and oxygen atoms in total. The smallest absolute Gasteiger partial charge is 0.244 e. The second-order valence-electron chi connectivity index (χ2n) is 6.87. The number of hydrogen-bond acceptors (Lipinski definition) is 6. The molecule has 8 heteroatoms. The summed E-state index contributed by atoms with van der Waals surface area (Å²) in [6.45, 7) is 0.223. The molecule has 4 rings (SSSR count). The van der Waals surface area contributed by atoms with Crippen LogP contribution < -0.4 is 9.64 Å². The van der Waals surface area contributed by atoms with E-state index in [2.05, 4.69) is 4.98 Å². The summed E-state index contributed by atoms with van der Waals surface area (Å²) < 4.78 is 31.7. The summed E-state index contributed by atoms with van der Waals surface area (Å²) in [4.78, 5) is 19.4. The first-order chi connectivity index (χ1) is 15.0. The minimum Gasteiger partial charge on any atom is -0.497 e. The summed E-state index contributed by atoms with van der Waals surface area (Å²) in [7, 11) is -2.19. The highest BCUT2D eigenvalue weighted by Crippen LogP contribution is 2.32. The number of rotatable bonds is 7. The predicted octanol–water partition coefficient (Wildman–Crippen LogP) is 4.31. The summed E-state index contributed by atoms with van der Waals surface area (Å²) in [5, 5.41) is 0.445. The summed E-state index contributed by atoms with van der Waals surface area (Å²) in [5.41, 5.74) is 1.60. The number of thiazole rings is 1. The van der Waals surface area contributed by atoms with Gasteiger partial charge >= 0.3 is 0 Å². The molecule has 0 spiro atoms. The fraction of sp³-hybridized carbons (Fsp3) is 0.130. The first-order valence-corrected chi connectivity index (χ1v) is 12.0. The molecule has 158 valence electrons. The Hall–Kier alpha value is -3.23. The van der Waals surface area contributed by atoms with Crippen molar-refractivity contribution in [1.82, 2.24) is 4.98 Å². The molecule has 0 saturated carbocycles. The molecule has 1 heterocycles. The van der Waals surface area contributed by atoms with Crippen molar-refractivity contribution in [3.05, 3.63) is 84.4 Å². The molecule has 0 bridgehead atoms. The Balaban J connectivity index is 1.70. The van der Waals surface area contributed by atoms with E-state index in [0.29, 0.717) is 10.9 Å². The van der Waals surface area contributed by atoms with Crippen LogP contribution in [0.3, 0.4) is 0 Å². The van der Waals surface area contributed by atoms with E-state index in [1.165, 1.54) is 28.4 Å². The van der Waals surface area contributed by atoms with Crippen LogP contribution in [0, 0.1) is 0 Å². The van der Waals surface area contributed by atoms with Gasteiger partial charge in [-0.25, -0.2) is 13.4 Å². The molecule has 0 unspecified atom stereocenters. The van der Waals surface area contributed by atoms with Crippen molar-refractivity contribution in [2.24, 2.45) is 0 Å². The Morgan fingerprint density at radius 3 is 2.35 bits per heavy atom. The van der Waals surface area contributed by atoms with Gasteiger partial charge in [0, 0.05) is 0 Å². The van der Waals surface area contributed by atoms with Gasteiger partial charge < -0.3 is 4.74 Å². The highest BCUT2D eigenvalue weighted by atomic mass is 32.2.